The molecule has 1 aromatic rings. The predicted molar refractivity (Wildman–Crippen MR) is 72.4 cm³/mol. The van der Waals surface area contributed by atoms with Gasteiger partial charge in [-0.05, 0) is 29.9 Å². The molecule has 0 aromatic heterocycles. The summed E-state index contributed by atoms with van der Waals surface area (Å²) in [5.41, 5.74) is 2.56. The molecule has 1 aromatic carbocycles. The Labute approximate surface area is 109 Å². The highest BCUT2D eigenvalue weighted by Gasteiger charge is 2.20. The van der Waals surface area contributed by atoms with Crippen molar-refractivity contribution in [1.29, 1.82) is 0 Å². The Bertz CT molecular complexity index is 350. The van der Waals surface area contributed by atoms with Gasteiger partial charge in [0.15, 0.2) is 0 Å². The van der Waals surface area contributed by atoms with Crippen LogP contribution in [0, 0.1) is 5.92 Å². The molecule has 0 aliphatic heterocycles. The number of hydrogen-bond acceptors (Lipinski definition) is 3. The molecule has 3 nitrogen and oxygen atoms in total. The molecule has 1 fully saturated rings. The van der Waals surface area contributed by atoms with Gasteiger partial charge in [-0.1, -0.05) is 24.3 Å². The highest BCUT2D eigenvalue weighted by molar-refractivity contribution is 5.26. The van der Waals surface area contributed by atoms with Crippen LogP contribution < -0.4 is 5.32 Å². The van der Waals surface area contributed by atoms with E-state index in [2.05, 4.69) is 29.6 Å². The van der Waals surface area contributed by atoms with E-state index in [1.807, 2.05) is 0 Å². The third-order valence-electron chi connectivity index (χ3n) is 3.21. The highest BCUT2D eigenvalue weighted by Crippen LogP contribution is 2.28. The van der Waals surface area contributed by atoms with Crippen molar-refractivity contribution in [2.24, 2.45) is 5.92 Å². The van der Waals surface area contributed by atoms with E-state index in [0.717, 1.165) is 32.2 Å². The van der Waals surface area contributed by atoms with Gasteiger partial charge in [0.25, 0.3) is 0 Å². The number of nitrogens with one attached hydrogen (secondary N) is 1. The lowest BCUT2D eigenvalue weighted by atomic mass is 10.1. The summed E-state index contributed by atoms with van der Waals surface area (Å²) >= 11 is 0. The highest BCUT2D eigenvalue weighted by atomic mass is 16.5. The lowest BCUT2D eigenvalue weighted by molar-refractivity contribution is 0.126. The van der Waals surface area contributed by atoms with Gasteiger partial charge in [-0.25, -0.2) is 0 Å². The molecular weight excluding hydrogens is 226 g/mol. The summed E-state index contributed by atoms with van der Waals surface area (Å²) in [5.74, 6) is 0.854. The molecule has 100 valence electrons. The van der Waals surface area contributed by atoms with E-state index in [-0.39, 0.29) is 0 Å². The van der Waals surface area contributed by atoms with Crippen LogP contribution in [0.5, 0.6) is 0 Å². The first kappa shape index (κ1) is 13.5. The number of hydrogen-bond donors (Lipinski definition) is 1. The summed E-state index contributed by atoms with van der Waals surface area (Å²) in [6.45, 7) is 4.22. The smallest absolute Gasteiger partial charge is 0.0716 e. The molecule has 0 heterocycles. The first-order valence-corrected chi connectivity index (χ1v) is 6.74. The van der Waals surface area contributed by atoms with Crippen LogP contribution in [0.2, 0.25) is 0 Å². The van der Waals surface area contributed by atoms with Crippen molar-refractivity contribution in [3.05, 3.63) is 35.4 Å². The van der Waals surface area contributed by atoms with E-state index < -0.39 is 0 Å². The molecule has 0 amide bonds. The number of methoxy groups -OCH3 is 1. The lowest BCUT2D eigenvalue weighted by Crippen LogP contribution is -2.20. The fourth-order valence-electron chi connectivity index (χ4n) is 1.93. The van der Waals surface area contributed by atoms with Crippen LogP contribution >= 0.6 is 0 Å². The zero-order chi connectivity index (χ0) is 12.6. The van der Waals surface area contributed by atoms with Crippen LogP contribution in [0.1, 0.15) is 24.0 Å². The van der Waals surface area contributed by atoms with Crippen molar-refractivity contribution in [1.82, 2.24) is 5.32 Å². The quantitative estimate of drug-likeness (QED) is 0.681. The Kier molecular flexibility index (Phi) is 5.65. The lowest BCUT2D eigenvalue weighted by Gasteiger charge is -2.10. The fourth-order valence-corrected chi connectivity index (χ4v) is 1.93. The normalized spacial score (nSPS) is 14.9. The SMILES string of the molecule is COCc1ccccc1CNCCOCC1CC1. The van der Waals surface area contributed by atoms with Crippen LogP contribution in [0.3, 0.4) is 0 Å². The Morgan fingerprint density at radius 3 is 2.72 bits per heavy atom. The molecule has 2 rings (SSSR count). The van der Waals surface area contributed by atoms with Gasteiger partial charge in [-0.2, -0.15) is 0 Å². The van der Waals surface area contributed by atoms with Crippen LogP contribution in [0.4, 0.5) is 0 Å². The van der Waals surface area contributed by atoms with E-state index in [1.54, 1.807) is 7.11 Å². The summed E-state index contributed by atoms with van der Waals surface area (Å²) < 4.78 is 10.8. The van der Waals surface area contributed by atoms with Crippen molar-refractivity contribution >= 4 is 0 Å². The third kappa shape index (κ3) is 4.77. The molecule has 1 N–H and O–H groups in total. The maximum atomic E-state index is 5.59. The molecule has 0 saturated heterocycles. The van der Waals surface area contributed by atoms with E-state index in [4.69, 9.17) is 9.47 Å². The van der Waals surface area contributed by atoms with Crippen molar-refractivity contribution < 1.29 is 9.47 Å². The monoisotopic (exact) mass is 249 g/mol. The molecule has 0 atom stereocenters. The van der Waals surface area contributed by atoms with Gasteiger partial charge in [0, 0.05) is 26.8 Å². The van der Waals surface area contributed by atoms with Crippen LogP contribution in [-0.4, -0.2) is 26.9 Å². The maximum Gasteiger partial charge on any atom is 0.0716 e. The van der Waals surface area contributed by atoms with Crippen molar-refractivity contribution in [3.8, 4) is 0 Å². The molecule has 3 heteroatoms. The molecule has 0 unspecified atom stereocenters. The van der Waals surface area contributed by atoms with Gasteiger partial charge in [-0.15, -0.1) is 0 Å². The zero-order valence-electron chi connectivity index (χ0n) is 11.2. The number of rotatable bonds is 9. The predicted octanol–water partition coefficient (Wildman–Crippen LogP) is 2.35. The largest absolute Gasteiger partial charge is 0.380 e. The fraction of sp³-hybridized carbons (Fsp3) is 0.600. The molecule has 0 radical (unpaired) electrons. The van der Waals surface area contributed by atoms with Crippen LogP contribution in [0.15, 0.2) is 24.3 Å². The Morgan fingerprint density at radius 1 is 1.22 bits per heavy atom. The Hall–Kier alpha value is -0.900. The first-order chi connectivity index (χ1) is 8.90. The maximum absolute atomic E-state index is 5.59. The summed E-state index contributed by atoms with van der Waals surface area (Å²) in [7, 11) is 1.73. The van der Waals surface area contributed by atoms with Crippen molar-refractivity contribution in [3.63, 3.8) is 0 Å². The minimum Gasteiger partial charge on any atom is -0.380 e. The van der Waals surface area contributed by atoms with Gasteiger partial charge >= 0.3 is 0 Å². The second kappa shape index (κ2) is 7.52. The molecular formula is C15H23NO2. The molecule has 1 saturated carbocycles. The Balaban J connectivity index is 1.62. The molecule has 1 aliphatic rings. The van der Waals surface area contributed by atoms with E-state index in [1.165, 1.54) is 24.0 Å². The van der Waals surface area contributed by atoms with Crippen molar-refractivity contribution in [2.45, 2.75) is 26.0 Å². The zero-order valence-corrected chi connectivity index (χ0v) is 11.2. The summed E-state index contributed by atoms with van der Waals surface area (Å²) in [6.07, 6.45) is 2.72. The average molecular weight is 249 g/mol. The summed E-state index contributed by atoms with van der Waals surface area (Å²) in [5, 5.41) is 3.41. The van der Waals surface area contributed by atoms with Gasteiger partial charge in [0.1, 0.15) is 0 Å². The molecule has 0 bridgehead atoms. The van der Waals surface area contributed by atoms with Gasteiger partial charge in [0.05, 0.1) is 13.2 Å². The second-order valence-corrected chi connectivity index (χ2v) is 4.90. The number of ether oxygens (including phenoxy) is 2. The minimum atomic E-state index is 0.677. The first-order valence-electron chi connectivity index (χ1n) is 6.74. The standard InChI is InChI=1S/C15H23NO2/c1-17-12-15-5-3-2-4-14(15)10-16-8-9-18-11-13-6-7-13/h2-5,13,16H,6-12H2,1H3. The van der Waals surface area contributed by atoms with Crippen molar-refractivity contribution in [2.75, 3.05) is 26.9 Å². The summed E-state index contributed by atoms with van der Waals surface area (Å²) in [6, 6.07) is 8.38. The summed E-state index contributed by atoms with van der Waals surface area (Å²) in [4.78, 5) is 0. The molecule has 18 heavy (non-hydrogen) atoms. The second-order valence-electron chi connectivity index (χ2n) is 4.90. The van der Waals surface area contributed by atoms with E-state index in [0.29, 0.717) is 6.61 Å². The van der Waals surface area contributed by atoms with Gasteiger partial charge in [-0.3, -0.25) is 0 Å². The van der Waals surface area contributed by atoms with Crippen LogP contribution in [0.25, 0.3) is 0 Å². The van der Waals surface area contributed by atoms with Crippen LogP contribution in [-0.2, 0) is 22.6 Å². The molecule has 0 spiro atoms. The molecule has 1 aliphatic carbocycles. The van der Waals surface area contributed by atoms with Gasteiger partial charge in [0.2, 0.25) is 0 Å². The van der Waals surface area contributed by atoms with E-state index in [9.17, 15) is 0 Å². The number of benzene rings is 1. The average Bonchev–Trinajstić information content (AvgIpc) is 3.20. The van der Waals surface area contributed by atoms with E-state index >= 15 is 0 Å². The topological polar surface area (TPSA) is 30.5 Å². The third-order valence-corrected chi connectivity index (χ3v) is 3.21. The Morgan fingerprint density at radius 2 is 2.00 bits per heavy atom. The minimum absolute atomic E-state index is 0.677. The van der Waals surface area contributed by atoms with Gasteiger partial charge < -0.3 is 14.8 Å².